The summed E-state index contributed by atoms with van der Waals surface area (Å²) in [4.78, 5) is 15.0. The molecular weight excluding hydrogens is 410 g/mol. The van der Waals surface area contributed by atoms with E-state index in [1.165, 1.54) is 19.3 Å². The molecule has 2 N–H and O–H groups in total. The van der Waals surface area contributed by atoms with Gasteiger partial charge in [0.15, 0.2) is 0 Å². The number of piperidine rings is 1. The maximum absolute atomic E-state index is 12.9. The molecule has 0 aromatic heterocycles. The van der Waals surface area contributed by atoms with E-state index in [-0.39, 0.29) is 16.0 Å². The van der Waals surface area contributed by atoms with Gasteiger partial charge in [0.2, 0.25) is 0 Å². The van der Waals surface area contributed by atoms with Gasteiger partial charge in [0.25, 0.3) is 15.9 Å². The smallest absolute Gasteiger partial charge is 0.282 e. The molecule has 2 aromatic carbocycles. The maximum atomic E-state index is 12.9. The molecule has 31 heavy (non-hydrogen) atoms. The second kappa shape index (κ2) is 8.04. The van der Waals surface area contributed by atoms with Gasteiger partial charge < -0.3 is 10.2 Å². The molecule has 0 radical (unpaired) electrons. The fourth-order valence-corrected chi connectivity index (χ4v) is 5.57. The first-order chi connectivity index (χ1) is 14.7. The van der Waals surface area contributed by atoms with Crippen molar-refractivity contribution in [3.8, 4) is 0 Å². The van der Waals surface area contributed by atoms with Crippen molar-refractivity contribution in [2.45, 2.75) is 45.4 Å². The van der Waals surface area contributed by atoms with E-state index >= 15 is 0 Å². The summed E-state index contributed by atoms with van der Waals surface area (Å²) >= 11 is 0. The zero-order valence-corrected chi connectivity index (χ0v) is 19.1. The number of anilines is 2. The van der Waals surface area contributed by atoms with Crippen LogP contribution in [0.25, 0.3) is 4.91 Å². The van der Waals surface area contributed by atoms with Crippen molar-refractivity contribution in [1.82, 2.24) is 4.72 Å². The van der Waals surface area contributed by atoms with Crippen LogP contribution in [0.1, 0.15) is 51.2 Å². The quantitative estimate of drug-likeness (QED) is 0.746. The summed E-state index contributed by atoms with van der Waals surface area (Å²) in [7, 11) is -3.96. The van der Waals surface area contributed by atoms with Crippen LogP contribution in [-0.2, 0) is 20.2 Å². The summed E-state index contributed by atoms with van der Waals surface area (Å²) in [6.45, 7) is 8.17. The normalized spacial score (nSPS) is 18.8. The van der Waals surface area contributed by atoms with Gasteiger partial charge in [0.1, 0.15) is 10.6 Å². The van der Waals surface area contributed by atoms with Crippen LogP contribution in [0.2, 0.25) is 0 Å². The molecule has 7 heteroatoms. The van der Waals surface area contributed by atoms with Crippen LogP contribution in [0.5, 0.6) is 0 Å². The van der Waals surface area contributed by atoms with E-state index in [0.29, 0.717) is 11.3 Å². The van der Waals surface area contributed by atoms with Gasteiger partial charge >= 0.3 is 0 Å². The Kier molecular flexibility index (Phi) is 5.56. The maximum Gasteiger partial charge on any atom is 0.282 e. The summed E-state index contributed by atoms with van der Waals surface area (Å²) < 4.78 is 27.9. The highest BCUT2D eigenvalue weighted by Gasteiger charge is 2.39. The molecule has 164 valence electrons. The molecule has 2 aliphatic rings. The van der Waals surface area contributed by atoms with Crippen molar-refractivity contribution in [3.05, 3.63) is 65.4 Å². The Balaban J connectivity index is 1.73. The number of carbonyl (C=O) groups is 1. The van der Waals surface area contributed by atoms with Gasteiger partial charge in [-0.1, -0.05) is 45.0 Å². The van der Waals surface area contributed by atoms with Crippen molar-refractivity contribution < 1.29 is 13.2 Å². The second-order valence-corrected chi connectivity index (χ2v) is 10.8. The summed E-state index contributed by atoms with van der Waals surface area (Å²) in [5.74, 6) is -0.640. The lowest BCUT2D eigenvalue weighted by atomic mass is 9.83. The molecule has 2 aromatic rings. The van der Waals surface area contributed by atoms with Crippen molar-refractivity contribution in [1.29, 1.82) is 0 Å². The van der Waals surface area contributed by atoms with Gasteiger partial charge in [-0.05, 0) is 54.5 Å². The summed E-state index contributed by atoms with van der Waals surface area (Å²) in [6, 6.07) is 15.1. The Labute approximate surface area is 184 Å². The van der Waals surface area contributed by atoms with Crippen LogP contribution in [0, 0.1) is 0 Å². The summed E-state index contributed by atoms with van der Waals surface area (Å²) in [5.41, 5.74) is 2.99. The van der Waals surface area contributed by atoms with Crippen LogP contribution in [0.4, 0.5) is 11.4 Å². The predicted octanol–water partition coefficient (Wildman–Crippen LogP) is 4.21. The van der Waals surface area contributed by atoms with Crippen molar-refractivity contribution in [2.75, 3.05) is 23.3 Å². The van der Waals surface area contributed by atoms with Crippen molar-refractivity contribution in [3.63, 3.8) is 0 Å². The largest absolute Gasteiger partial charge is 0.372 e. The Morgan fingerprint density at radius 3 is 2.23 bits per heavy atom. The second-order valence-electron chi connectivity index (χ2n) is 9.15. The minimum absolute atomic E-state index is 0.00290. The van der Waals surface area contributed by atoms with E-state index < -0.39 is 15.9 Å². The number of benzene rings is 2. The highest BCUT2D eigenvalue weighted by molar-refractivity contribution is 8.00. The van der Waals surface area contributed by atoms with Gasteiger partial charge in [0.05, 0.1) is 0 Å². The van der Waals surface area contributed by atoms with Gasteiger partial charge in [-0.25, -0.2) is 13.1 Å². The van der Waals surface area contributed by atoms with Gasteiger partial charge in [-0.2, -0.15) is 0 Å². The Hall–Kier alpha value is -2.80. The van der Waals surface area contributed by atoms with Crippen LogP contribution < -0.4 is 14.9 Å². The first-order valence-electron chi connectivity index (χ1n) is 10.7. The molecule has 0 bridgehead atoms. The van der Waals surface area contributed by atoms with Crippen LogP contribution in [0.3, 0.4) is 0 Å². The Bertz CT molecular complexity index is 1120. The monoisotopic (exact) mass is 439 g/mol. The number of sulfonamides is 1. The minimum Gasteiger partial charge on any atom is -0.372 e. The molecular formula is C24H29N3O3S. The molecule has 1 saturated heterocycles. The van der Waals surface area contributed by atoms with Crippen molar-refractivity contribution in [2.24, 2.45) is 0 Å². The molecule has 1 fully saturated rings. The van der Waals surface area contributed by atoms with E-state index in [4.69, 9.17) is 0 Å². The molecule has 0 unspecified atom stereocenters. The predicted molar refractivity (Wildman–Crippen MR) is 125 cm³/mol. The third-order valence-electron chi connectivity index (χ3n) is 5.79. The highest BCUT2D eigenvalue weighted by atomic mass is 32.2. The lowest BCUT2D eigenvalue weighted by Crippen LogP contribution is -2.29. The number of rotatable bonds is 4. The van der Waals surface area contributed by atoms with Gasteiger partial charge in [-0.3, -0.25) is 4.79 Å². The molecule has 0 aliphatic carbocycles. The molecule has 0 atom stereocenters. The number of nitrogens with zero attached hydrogens (tertiary/aromatic N) is 1. The average Bonchev–Trinajstić information content (AvgIpc) is 2.96. The lowest BCUT2D eigenvalue weighted by Gasteiger charge is -2.28. The number of hydrogen-bond acceptors (Lipinski definition) is 5. The number of amides is 1. The topological polar surface area (TPSA) is 78.5 Å². The van der Waals surface area contributed by atoms with E-state index in [0.717, 1.165) is 24.3 Å². The van der Waals surface area contributed by atoms with Crippen molar-refractivity contribution >= 4 is 32.2 Å². The first-order valence-corrected chi connectivity index (χ1v) is 12.2. The van der Waals surface area contributed by atoms with Gasteiger partial charge in [-0.15, -0.1) is 0 Å². The van der Waals surface area contributed by atoms with E-state index in [1.807, 2.05) is 57.2 Å². The zero-order valence-electron chi connectivity index (χ0n) is 18.2. The molecule has 2 heterocycles. The molecule has 0 saturated carbocycles. The summed E-state index contributed by atoms with van der Waals surface area (Å²) in [5, 5.41) is 3.07. The van der Waals surface area contributed by atoms with Crippen LogP contribution in [0.15, 0.2) is 54.2 Å². The number of nitrogens with one attached hydrogen (secondary N) is 2. The van der Waals surface area contributed by atoms with E-state index in [1.54, 1.807) is 12.1 Å². The molecule has 4 rings (SSSR count). The highest BCUT2D eigenvalue weighted by Crippen LogP contribution is 2.37. The van der Waals surface area contributed by atoms with Crippen LogP contribution in [-0.4, -0.2) is 27.4 Å². The Morgan fingerprint density at radius 1 is 0.935 bits per heavy atom. The molecule has 2 aliphatic heterocycles. The SMILES string of the molecule is CC(C)(C)c1ccccc1C1=C(Nc2ccc(N3CCCCC3)cc2)C(=O)NS1(=O)=O. The lowest BCUT2D eigenvalue weighted by molar-refractivity contribution is -0.115. The standard InChI is InChI=1S/C24H29N3O3S/c1-24(2,3)20-10-6-5-9-19(20)22-21(23(28)26-31(22,29)30)25-17-11-13-18(14-12-17)27-15-7-4-8-16-27/h5-6,9-14,25H,4,7-8,15-16H2,1-3H3,(H,26,28). The zero-order chi connectivity index (χ0) is 22.2. The fraction of sp³-hybridized carbons (Fsp3) is 0.375. The Morgan fingerprint density at radius 2 is 1.58 bits per heavy atom. The number of hydrogen-bond donors (Lipinski definition) is 2. The van der Waals surface area contributed by atoms with E-state index in [2.05, 4.69) is 14.9 Å². The third-order valence-corrected chi connectivity index (χ3v) is 7.20. The average molecular weight is 440 g/mol. The van der Waals surface area contributed by atoms with Gasteiger partial charge in [0, 0.05) is 30.0 Å². The summed E-state index contributed by atoms with van der Waals surface area (Å²) in [6.07, 6.45) is 3.66. The molecule has 1 amide bonds. The first kappa shape index (κ1) is 21.4. The molecule has 6 nitrogen and oxygen atoms in total. The van der Waals surface area contributed by atoms with Crippen LogP contribution >= 0.6 is 0 Å². The fourth-order valence-electron chi connectivity index (χ4n) is 4.24. The third kappa shape index (κ3) is 4.32. The number of carbonyl (C=O) groups excluding carboxylic acids is 1. The molecule has 0 spiro atoms. The minimum atomic E-state index is -3.96. The van der Waals surface area contributed by atoms with E-state index in [9.17, 15) is 13.2 Å².